The largest absolute Gasteiger partial charge is 0.340 e. The van der Waals surface area contributed by atoms with Gasteiger partial charge in [0.05, 0.1) is 6.04 Å². The highest BCUT2D eigenvalue weighted by Crippen LogP contribution is 2.30. The number of carbonyl (C=O) groups is 2. The van der Waals surface area contributed by atoms with Gasteiger partial charge in [-0.15, -0.1) is 0 Å². The lowest BCUT2D eigenvalue weighted by Crippen LogP contribution is -2.51. The van der Waals surface area contributed by atoms with Gasteiger partial charge in [0.25, 0.3) is 0 Å². The second-order valence-corrected chi connectivity index (χ2v) is 8.89. The van der Waals surface area contributed by atoms with Crippen LogP contribution in [0, 0.1) is 0 Å². The van der Waals surface area contributed by atoms with Gasteiger partial charge in [-0.1, -0.05) is 19.0 Å². The van der Waals surface area contributed by atoms with E-state index in [0.29, 0.717) is 37.1 Å². The van der Waals surface area contributed by atoms with Gasteiger partial charge in [0.1, 0.15) is 0 Å². The molecule has 0 aromatic carbocycles. The maximum absolute atomic E-state index is 12.7. The van der Waals surface area contributed by atoms with Crippen LogP contribution in [0.5, 0.6) is 0 Å². The number of hydrogen-bond donors (Lipinski definition) is 1. The van der Waals surface area contributed by atoms with Crippen molar-refractivity contribution in [2.75, 3.05) is 32.7 Å². The molecule has 9 nitrogen and oxygen atoms in total. The molecule has 1 N–H and O–H groups in total. The Labute approximate surface area is 185 Å². The number of urea groups is 1. The van der Waals surface area contributed by atoms with Crippen molar-refractivity contribution in [3.05, 3.63) is 11.7 Å². The Bertz CT molecular complexity index is 725. The lowest BCUT2D eigenvalue weighted by atomic mass is 10.1. The van der Waals surface area contributed by atoms with Crippen LogP contribution in [-0.2, 0) is 11.2 Å². The first-order valence-corrected chi connectivity index (χ1v) is 11.8. The molecule has 1 aromatic rings. The van der Waals surface area contributed by atoms with Crippen molar-refractivity contribution < 1.29 is 14.1 Å². The maximum Gasteiger partial charge on any atom is 0.318 e. The lowest BCUT2D eigenvalue weighted by molar-refractivity contribution is -0.133. The van der Waals surface area contributed by atoms with Gasteiger partial charge in [0.2, 0.25) is 11.8 Å². The van der Waals surface area contributed by atoms with Crippen LogP contribution >= 0.6 is 0 Å². The first-order chi connectivity index (χ1) is 14.9. The molecule has 0 radical (unpaired) electrons. The second-order valence-electron chi connectivity index (χ2n) is 8.89. The first-order valence-electron chi connectivity index (χ1n) is 11.8. The van der Waals surface area contributed by atoms with Crippen LogP contribution in [0.2, 0.25) is 0 Å². The minimum absolute atomic E-state index is 0.0808. The Morgan fingerprint density at radius 2 is 1.84 bits per heavy atom. The molecule has 0 bridgehead atoms. The number of aromatic nitrogens is 2. The zero-order valence-corrected chi connectivity index (χ0v) is 19.5. The molecule has 1 aromatic heterocycles. The number of rotatable bonds is 8. The molecular formula is C22H38N6O3. The van der Waals surface area contributed by atoms with E-state index in [1.54, 1.807) is 4.90 Å². The zero-order chi connectivity index (χ0) is 22.4. The molecular weight excluding hydrogens is 396 g/mol. The van der Waals surface area contributed by atoms with E-state index in [0.717, 1.165) is 51.9 Å². The molecule has 2 fully saturated rings. The first kappa shape index (κ1) is 23.5. The molecule has 31 heavy (non-hydrogen) atoms. The normalized spacial score (nSPS) is 20.1. The number of piperazine rings is 1. The average molecular weight is 435 g/mol. The van der Waals surface area contributed by atoms with Gasteiger partial charge in [-0.05, 0) is 39.5 Å². The monoisotopic (exact) mass is 434 g/mol. The van der Waals surface area contributed by atoms with Crippen LogP contribution in [0.25, 0.3) is 0 Å². The zero-order valence-electron chi connectivity index (χ0n) is 19.5. The fourth-order valence-electron chi connectivity index (χ4n) is 4.63. The molecule has 0 spiro atoms. The molecule has 2 aliphatic rings. The summed E-state index contributed by atoms with van der Waals surface area (Å²) in [7, 11) is 0. The standard InChI is InChI=1S/C22H38N6O3/c1-5-17(6-2)26-12-14-27(15-13-26)20(29)10-9-19-24-21(25-31-19)18-8-7-11-28(18)22(30)23-16(3)4/h16-18H,5-15H2,1-4H3,(H,23,30). The molecule has 174 valence electrons. The summed E-state index contributed by atoms with van der Waals surface area (Å²) in [6.07, 6.45) is 4.85. The van der Waals surface area contributed by atoms with E-state index in [1.165, 1.54) is 0 Å². The highest BCUT2D eigenvalue weighted by Gasteiger charge is 2.33. The number of amides is 3. The molecule has 2 aliphatic heterocycles. The van der Waals surface area contributed by atoms with Crippen LogP contribution < -0.4 is 5.32 Å². The van der Waals surface area contributed by atoms with E-state index in [9.17, 15) is 9.59 Å². The molecule has 9 heteroatoms. The smallest absolute Gasteiger partial charge is 0.318 e. The fraction of sp³-hybridized carbons (Fsp3) is 0.818. The third-order valence-corrected chi connectivity index (χ3v) is 6.39. The molecule has 3 rings (SSSR count). The second kappa shape index (κ2) is 10.9. The summed E-state index contributed by atoms with van der Waals surface area (Å²) in [6.45, 7) is 12.5. The molecule has 3 amide bonds. The summed E-state index contributed by atoms with van der Waals surface area (Å²) >= 11 is 0. The number of likely N-dealkylation sites (tertiary alicyclic amines) is 1. The maximum atomic E-state index is 12.7. The number of hydrogen-bond acceptors (Lipinski definition) is 6. The summed E-state index contributed by atoms with van der Waals surface area (Å²) in [6, 6.07) is 0.445. The van der Waals surface area contributed by atoms with Crippen LogP contribution in [0.1, 0.15) is 77.6 Å². The van der Waals surface area contributed by atoms with Crippen LogP contribution in [0.4, 0.5) is 4.79 Å². The van der Waals surface area contributed by atoms with Crippen LogP contribution in [-0.4, -0.2) is 81.6 Å². The summed E-state index contributed by atoms with van der Waals surface area (Å²) in [5, 5.41) is 7.04. The van der Waals surface area contributed by atoms with Gasteiger partial charge in [-0.3, -0.25) is 9.69 Å². The highest BCUT2D eigenvalue weighted by molar-refractivity contribution is 5.76. The summed E-state index contributed by atoms with van der Waals surface area (Å²) in [4.78, 5) is 35.8. The van der Waals surface area contributed by atoms with Crippen LogP contribution in [0.15, 0.2) is 4.52 Å². The van der Waals surface area contributed by atoms with E-state index in [-0.39, 0.29) is 24.0 Å². The Balaban J connectivity index is 1.48. The van der Waals surface area contributed by atoms with Gasteiger partial charge >= 0.3 is 6.03 Å². The van der Waals surface area contributed by atoms with Gasteiger partial charge in [0, 0.05) is 57.6 Å². The summed E-state index contributed by atoms with van der Waals surface area (Å²) < 4.78 is 5.40. The van der Waals surface area contributed by atoms with Crippen molar-refractivity contribution in [1.82, 2.24) is 30.2 Å². The van der Waals surface area contributed by atoms with Gasteiger partial charge in [0.15, 0.2) is 5.82 Å². The minimum Gasteiger partial charge on any atom is -0.340 e. The predicted octanol–water partition coefficient (Wildman–Crippen LogP) is 2.59. The molecule has 0 saturated carbocycles. The summed E-state index contributed by atoms with van der Waals surface area (Å²) in [5.74, 6) is 1.15. The Morgan fingerprint density at radius 3 is 2.48 bits per heavy atom. The highest BCUT2D eigenvalue weighted by atomic mass is 16.5. The topological polar surface area (TPSA) is 94.8 Å². The fourth-order valence-corrected chi connectivity index (χ4v) is 4.63. The van der Waals surface area contributed by atoms with Gasteiger partial charge < -0.3 is 19.6 Å². The number of nitrogens with one attached hydrogen (secondary N) is 1. The SMILES string of the molecule is CCC(CC)N1CCN(C(=O)CCc2nc(C3CCCN3C(=O)NC(C)C)no2)CC1. The van der Waals surface area contributed by atoms with E-state index in [1.807, 2.05) is 18.7 Å². The number of carbonyl (C=O) groups excluding carboxylic acids is 2. The van der Waals surface area contributed by atoms with Crippen molar-refractivity contribution in [1.29, 1.82) is 0 Å². The van der Waals surface area contributed by atoms with Crippen molar-refractivity contribution in [2.45, 2.75) is 84.3 Å². The van der Waals surface area contributed by atoms with Crippen molar-refractivity contribution >= 4 is 11.9 Å². The lowest BCUT2D eigenvalue weighted by Gasteiger charge is -2.38. The van der Waals surface area contributed by atoms with E-state index in [4.69, 9.17) is 4.52 Å². The quantitative estimate of drug-likeness (QED) is 0.676. The molecule has 0 aliphatic carbocycles. The molecule has 1 atom stereocenters. The van der Waals surface area contributed by atoms with Crippen molar-refractivity contribution in [2.24, 2.45) is 0 Å². The summed E-state index contributed by atoms with van der Waals surface area (Å²) in [5.41, 5.74) is 0. The average Bonchev–Trinajstić information content (AvgIpc) is 3.42. The third kappa shape index (κ3) is 5.96. The van der Waals surface area contributed by atoms with E-state index in [2.05, 4.69) is 34.2 Å². The Kier molecular flexibility index (Phi) is 8.28. The van der Waals surface area contributed by atoms with E-state index < -0.39 is 0 Å². The van der Waals surface area contributed by atoms with E-state index >= 15 is 0 Å². The number of aryl methyl sites for hydroxylation is 1. The van der Waals surface area contributed by atoms with Crippen molar-refractivity contribution in [3.63, 3.8) is 0 Å². The molecule has 2 saturated heterocycles. The van der Waals surface area contributed by atoms with Crippen LogP contribution in [0.3, 0.4) is 0 Å². The molecule has 3 heterocycles. The third-order valence-electron chi connectivity index (χ3n) is 6.39. The number of nitrogens with zero attached hydrogens (tertiary/aromatic N) is 5. The van der Waals surface area contributed by atoms with Crippen molar-refractivity contribution in [3.8, 4) is 0 Å². The molecule has 1 unspecified atom stereocenters. The predicted molar refractivity (Wildman–Crippen MR) is 117 cm³/mol. The Morgan fingerprint density at radius 1 is 1.13 bits per heavy atom. The van der Waals surface area contributed by atoms with Gasteiger partial charge in [-0.2, -0.15) is 4.98 Å². The minimum atomic E-state index is -0.162. The van der Waals surface area contributed by atoms with Gasteiger partial charge in [-0.25, -0.2) is 4.79 Å². The Hall–Kier alpha value is -2.16.